The Kier molecular flexibility index (Phi) is 2.97. The van der Waals surface area contributed by atoms with E-state index in [2.05, 4.69) is 20.6 Å². The molecule has 4 heteroatoms. The van der Waals surface area contributed by atoms with Crippen molar-refractivity contribution in [1.82, 2.24) is 15.3 Å². The van der Waals surface area contributed by atoms with Crippen molar-refractivity contribution < 1.29 is 0 Å². The van der Waals surface area contributed by atoms with Crippen LogP contribution in [0.5, 0.6) is 0 Å². The number of nitrogens with zero attached hydrogens (tertiary/aromatic N) is 2. The Morgan fingerprint density at radius 1 is 1.24 bits per heavy atom. The van der Waals surface area contributed by atoms with Crippen LogP contribution >= 0.6 is 0 Å². The van der Waals surface area contributed by atoms with Crippen LogP contribution in [-0.2, 0) is 13.0 Å². The number of fused-ring (bicyclic) bond motifs is 1. The molecule has 1 aromatic heterocycles. The van der Waals surface area contributed by atoms with Crippen molar-refractivity contribution >= 4 is 5.82 Å². The molecule has 92 valence electrons. The Labute approximate surface area is 102 Å². The molecule has 1 aliphatic carbocycles. The monoisotopic (exact) mass is 232 g/mol. The summed E-state index contributed by atoms with van der Waals surface area (Å²) in [5.74, 6) is 1.97. The fraction of sp³-hybridized carbons (Fsp3) is 0.692. The second kappa shape index (κ2) is 4.61. The summed E-state index contributed by atoms with van der Waals surface area (Å²) < 4.78 is 0. The second-order valence-corrected chi connectivity index (χ2v) is 5.10. The summed E-state index contributed by atoms with van der Waals surface area (Å²) in [6, 6.07) is 0.621. The maximum atomic E-state index is 4.59. The lowest BCUT2D eigenvalue weighted by Gasteiger charge is -2.22. The maximum Gasteiger partial charge on any atom is 0.134 e. The smallest absolute Gasteiger partial charge is 0.134 e. The lowest BCUT2D eigenvalue weighted by molar-refractivity contribution is 0.621. The highest BCUT2D eigenvalue weighted by atomic mass is 15.1. The largest absolute Gasteiger partial charge is 0.367 e. The molecular formula is C13H20N4. The zero-order valence-corrected chi connectivity index (χ0v) is 10.4. The summed E-state index contributed by atoms with van der Waals surface area (Å²) in [5, 5.41) is 7.02. The van der Waals surface area contributed by atoms with Crippen molar-refractivity contribution in [1.29, 1.82) is 0 Å². The average Bonchev–Trinajstić information content (AvgIpc) is 2.81. The van der Waals surface area contributed by atoms with E-state index in [9.17, 15) is 0 Å². The maximum absolute atomic E-state index is 4.59. The summed E-state index contributed by atoms with van der Waals surface area (Å²) in [6.45, 7) is 3.93. The molecular weight excluding hydrogens is 212 g/mol. The van der Waals surface area contributed by atoms with Crippen molar-refractivity contribution in [2.75, 3.05) is 11.9 Å². The first-order valence-electron chi connectivity index (χ1n) is 6.66. The van der Waals surface area contributed by atoms with Crippen molar-refractivity contribution in [2.45, 2.75) is 51.6 Å². The molecule has 0 unspecified atom stereocenters. The molecule has 1 aliphatic heterocycles. The van der Waals surface area contributed by atoms with E-state index in [1.165, 1.54) is 36.9 Å². The van der Waals surface area contributed by atoms with E-state index < -0.39 is 0 Å². The van der Waals surface area contributed by atoms with E-state index in [0.29, 0.717) is 6.04 Å². The first kappa shape index (κ1) is 11.0. The minimum absolute atomic E-state index is 0.621. The van der Waals surface area contributed by atoms with Gasteiger partial charge in [0.2, 0.25) is 0 Å². The first-order valence-corrected chi connectivity index (χ1v) is 6.66. The van der Waals surface area contributed by atoms with Gasteiger partial charge in [0.15, 0.2) is 0 Å². The van der Waals surface area contributed by atoms with Crippen LogP contribution in [0.2, 0.25) is 0 Å². The molecule has 17 heavy (non-hydrogen) atoms. The molecule has 0 spiro atoms. The van der Waals surface area contributed by atoms with Crippen LogP contribution in [-0.4, -0.2) is 22.6 Å². The molecule has 2 heterocycles. The predicted octanol–water partition coefficient (Wildman–Crippen LogP) is 1.79. The summed E-state index contributed by atoms with van der Waals surface area (Å²) in [4.78, 5) is 9.15. The molecule has 1 aromatic rings. The molecule has 0 saturated heterocycles. The molecule has 0 bridgehead atoms. The third-order valence-electron chi connectivity index (χ3n) is 3.74. The normalized spacial score (nSPS) is 20.3. The molecule has 0 aromatic carbocycles. The number of aromatic nitrogens is 2. The van der Waals surface area contributed by atoms with Gasteiger partial charge in [0.25, 0.3) is 0 Å². The molecule has 2 N–H and O–H groups in total. The second-order valence-electron chi connectivity index (χ2n) is 5.10. The van der Waals surface area contributed by atoms with E-state index in [1.807, 2.05) is 6.92 Å². The molecule has 0 atom stereocenters. The van der Waals surface area contributed by atoms with Crippen LogP contribution in [0.15, 0.2) is 0 Å². The summed E-state index contributed by atoms with van der Waals surface area (Å²) in [5.41, 5.74) is 2.52. The van der Waals surface area contributed by atoms with E-state index in [4.69, 9.17) is 0 Å². The third-order valence-corrected chi connectivity index (χ3v) is 3.74. The molecule has 3 rings (SSSR count). The summed E-state index contributed by atoms with van der Waals surface area (Å²) >= 11 is 0. The van der Waals surface area contributed by atoms with Crippen LogP contribution in [0.3, 0.4) is 0 Å². The SMILES string of the molecule is Cc1nc2c(c(NC3CCCC3)n1)CNCC2. The lowest BCUT2D eigenvalue weighted by Crippen LogP contribution is -2.28. The van der Waals surface area contributed by atoms with Gasteiger partial charge >= 0.3 is 0 Å². The number of aryl methyl sites for hydroxylation is 1. The Morgan fingerprint density at radius 2 is 2.06 bits per heavy atom. The molecule has 0 amide bonds. The van der Waals surface area contributed by atoms with Gasteiger partial charge in [0.1, 0.15) is 11.6 Å². The van der Waals surface area contributed by atoms with Gasteiger partial charge in [-0.3, -0.25) is 0 Å². The number of rotatable bonds is 2. The van der Waals surface area contributed by atoms with Gasteiger partial charge in [-0.1, -0.05) is 12.8 Å². The Balaban J connectivity index is 1.88. The Bertz CT molecular complexity index is 410. The standard InChI is InChI=1S/C13H20N4/c1-9-15-12-6-7-14-8-11(12)13(16-9)17-10-4-2-3-5-10/h10,14H,2-8H2,1H3,(H,15,16,17). The molecule has 1 saturated carbocycles. The summed E-state index contributed by atoms with van der Waals surface area (Å²) in [7, 11) is 0. The number of anilines is 1. The molecule has 1 fully saturated rings. The fourth-order valence-electron chi connectivity index (χ4n) is 2.85. The van der Waals surface area contributed by atoms with Gasteiger partial charge < -0.3 is 10.6 Å². The van der Waals surface area contributed by atoms with Crippen LogP contribution in [0.1, 0.15) is 42.8 Å². The average molecular weight is 232 g/mol. The molecule has 2 aliphatic rings. The van der Waals surface area contributed by atoms with Gasteiger partial charge in [-0.15, -0.1) is 0 Å². The highest BCUT2D eigenvalue weighted by Gasteiger charge is 2.20. The van der Waals surface area contributed by atoms with E-state index in [-0.39, 0.29) is 0 Å². The lowest BCUT2D eigenvalue weighted by atomic mass is 10.1. The molecule has 4 nitrogen and oxygen atoms in total. The van der Waals surface area contributed by atoms with E-state index >= 15 is 0 Å². The quantitative estimate of drug-likeness (QED) is 0.816. The summed E-state index contributed by atoms with van der Waals surface area (Å²) in [6.07, 6.45) is 6.29. The highest BCUT2D eigenvalue weighted by Crippen LogP contribution is 2.25. The van der Waals surface area contributed by atoms with Crippen LogP contribution in [0, 0.1) is 6.92 Å². The van der Waals surface area contributed by atoms with E-state index in [1.54, 1.807) is 0 Å². The van der Waals surface area contributed by atoms with Crippen molar-refractivity contribution in [3.8, 4) is 0 Å². The zero-order chi connectivity index (χ0) is 11.7. The zero-order valence-electron chi connectivity index (χ0n) is 10.4. The number of hydrogen-bond acceptors (Lipinski definition) is 4. The van der Waals surface area contributed by atoms with Gasteiger partial charge in [-0.05, 0) is 19.8 Å². The Hall–Kier alpha value is -1.16. The topological polar surface area (TPSA) is 49.8 Å². The fourth-order valence-corrected chi connectivity index (χ4v) is 2.85. The minimum Gasteiger partial charge on any atom is -0.367 e. The van der Waals surface area contributed by atoms with Gasteiger partial charge in [-0.25, -0.2) is 9.97 Å². The van der Waals surface area contributed by atoms with Gasteiger partial charge in [-0.2, -0.15) is 0 Å². The van der Waals surface area contributed by atoms with Crippen LogP contribution < -0.4 is 10.6 Å². The number of nitrogens with one attached hydrogen (secondary N) is 2. The third kappa shape index (κ3) is 2.27. The van der Waals surface area contributed by atoms with Gasteiger partial charge in [0, 0.05) is 31.1 Å². The minimum atomic E-state index is 0.621. The van der Waals surface area contributed by atoms with Crippen LogP contribution in [0.25, 0.3) is 0 Å². The Morgan fingerprint density at radius 3 is 2.88 bits per heavy atom. The van der Waals surface area contributed by atoms with E-state index in [0.717, 1.165) is 31.2 Å². The number of hydrogen-bond donors (Lipinski definition) is 2. The van der Waals surface area contributed by atoms with Crippen molar-refractivity contribution in [3.63, 3.8) is 0 Å². The van der Waals surface area contributed by atoms with Crippen molar-refractivity contribution in [3.05, 3.63) is 17.1 Å². The highest BCUT2D eigenvalue weighted by molar-refractivity contribution is 5.48. The van der Waals surface area contributed by atoms with Crippen molar-refractivity contribution in [2.24, 2.45) is 0 Å². The van der Waals surface area contributed by atoms with Crippen LogP contribution in [0.4, 0.5) is 5.82 Å². The first-order chi connectivity index (χ1) is 8.33. The molecule has 0 radical (unpaired) electrons. The predicted molar refractivity (Wildman–Crippen MR) is 68.1 cm³/mol. The van der Waals surface area contributed by atoms with Gasteiger partial charge in [0.05, 0.1) is 5.69 Å².